The zero-order chi connectivity index (χ0) is 7.41. The molecule has 0 fully saturated rings. The van der Waals surface area contributed by atoms with Crippen LogP contribution in [0.2, 0.25) is 0 Å². The van der Waals surface area contributed by atoms with Gasteiger partial charge in [-0.15, -0.1) is 26.3 Å². The van der Waals surface area contributed by atoms with Gasteiger partial charge in [-0.05, 0) is 0 Å². The molecule has 0 amide bonds. The Labute approximate surface area is 71.2 Å². The SMILES string of the molecule is C=C.C=C.OCCO.[Pt]. The van der Waals surface area contributed by atoms with Crippen LogP contribution in [0.1, 0.15) is 0 Å². The van der Waals surface area contributed by atoms with Crippen molar-refractivity contribution in [3.63, 3.8) is 0 Å². The summed E-state index contributed by atoms with van der Waals surface area (Å²) in [5.74, 6) is 0. The summed E-state index contributed by atoms with van der Waals surface area (Å²) >= 11 is 0. The van der Waals surface area contributed by atoms with Crippen LogP contribution in [0.25, 0.3) is 0 Å². The Morgan fingerprint density at radius 3 is 0.889 bits per heavy atom. The molecule has 0 aromatic carbocycles. The van der Waals surface area contributed by atoms with Gasteiger partial charge in [0.2, 0.25) is 0 Å². The quantitative estimate of drug-likeness (QED) is 0.695. The fraction of sp³-hybridized carbons (Fsp3) is 0.333. The summed E-state index contributed by atoms with van der Waals surface area (Å²) < 4.78 is 0. The molecule has 0 bridgehead atoms. The third-order valence-corrected chi connectivity index (χ3v) is 0.1000. The molecule has 2 N–H and O–H groups in total. The maximum Gasteiger partial charge on any atom is 0.0662 e. The molecule has 0 radical (unpaired) electrons. The number of hydrogen-bond acceptors (Lipinski definition) is 2. The predicted octanol–water partition coefficient (Wildman–Crippen LogP) is 0.573. The van der Waals surface area contributed by atoms with E-state index in [1.165, 1.54) is 0 Å². The van der Waals surface area contributed by atoms with Crippen LogP contribution < -0.4 is 0 Å². The van der Waals surface area contributed by atoms with Gasteiger partial charge in [0.15, 0.2) is 0 Å². The van der Waals surface area contributed by atoms with Crippen LogP contribution in [0, 0.1) is 0 Å². The molecule has 9 heavy (non-hydrogen) atoms. The monoisotopic (exact) mass is 313 g/mol. The van der Waals surface area contributed by atoms with E-state index in [2.05, 4.69) is 26.3 Å². The van der Waals surface area contributed by atoms with E-state index >= 15 is 0 Å². The number of aliphatic hydroxyl groups is 2. The molecule has 0 unspecified atom stereocenters. The summed E-state index contributed by atoms with van der Waals surface area (Å²) in [6, 6.07) is 0. The second-order valence-electron chi connectivity index (χ2n) is 0.447. The van der Waals surface area contributed by atoms with Crippen LogP contribution in [0.4, 0.5) is 0 Å². The van der Waals surface area contributed by atoms with E-state index in [9.17, 15) is 0 Å². The first-order valence-corrected chi connectivity index (χ1v) is 2.13. The smallest absolute Gasteiger partial charge is 0.0662 e. The van der Waals surface area contributed by atoms with Gasteiger partial charge in [0, 0.05) is 21.1 Å². The van der Waals surface area contributed by atoms with Crippen molar-refractivity contribution in [3.8, 4) is 0 Å². The maximum absolute atomic E-state index is 7.62. The van der Waals surface area contributed by atoms with Gasteiger partial charge in [0.1, 0.15) is 0 Å². The van der Waals surface area contributed by atoms with E-state index in [4.69, 9.17) is 10.2 Å². The molecule has 0 saturated carbocycles. The molecule has 0 spiro atoms. The summed E-state index contributed by atoms with van der Waals surface area (Å²) in [6.45, 7) is 11.8. The second-order valence-corrected chi connectivity index (χ2v) is 0.447. The summed E-state index contributed by atoms with van der Waals surface area (Å²) in [6.07, 6.45) is 0. The molecule has 2 nitrogen and oxygen atoms in total. The molecule has 3 heteroatoms. The minimum absolute atomic E-state index is 0. The molecule has 60 valence electrons. The van der Waals surface area contributed by atoms with Gasteiger partial charge in [0.05, 0.1) is 13.2 Å². The predicted molar refractivity (Wildman–Crippen MR) is 36.7 cm³/mol. The van der Waals surface area contributed by atoms with Gasteiger partial charge >= 0.3 is 0 Å². The molecular formula is C6H14O2Pt. The first-order valence-electron chi connectivity index (χ1n) is 2.13. The van der Waals surface area contributed by atoms with Crippen LogP contribution in [0.3, 0.4) is 0 Å². The van der Waals surface area contributed by atoms with Gasteiger partial charge in [-0.3, -0.25) is 0 Å². The van der Waals surface area contributed by atoms with E-state index in [1.54, 1.807) is 0 Å². The van der Waals surface area contributed by atoms with E-state index in [-0.39, 0.29) is 34.3 Å². The third-order valence-electron chi connectivity index (χ3n) is 0.1000. The molecular weight excluding hydrogens is 299 g/mol. The topological polar surface area (TPSA) is 40.5 Å². The first kappa shape index (κ1) is 23.0. The average Bonchev–Trinajstić information content (AvgIpc) is 1.96. The molecule has 0 aliphatic carbocycles. The molecule has 0 aromatic rings. The summed E-state index contributed by atoms with van der Waals surface area (Å²) in [7, 11) is 0. The van der Waals surface area contributed by atoms with Gasteiger partial charge in [0.25, 0.3) is 0 Å². The number of aliphatic hydroxyl groups excluding tert-OH is 2. The van der Waals surface area contributed by atoms with Gasteiger partial charge in [-0.1, -0.05) is 0 Å². The van der Waals surface area contributed by atoms with E-state index < -0.39 is 0 Å². The van der Waals surface area contributed by atoms with Crippen molar-refractivity contribution in [3.05, 3.63) is 26.3 Å². The van der Waals surface area contributed by atoms with E-state index in [0.29, 0.717) is 0 Å². The van der Waals surface area contributed by atoms with Crippen molar-refractivity contribution in [1.82, 2.24) is 0 Å². The minimum atomic E-state index is -0.125. The first-order chi connectivity index (χ1) is 3.91. The van der Waals surface area contributed by atoms with Crippen molar-refractivity contribution in [2.45, 2.75) is 0 Å². The van der Waals surface area contributed by atoms with Crippen LogP contribution in [0.15, 0.2) is 26.3 Å². The Kier molecular flexibility index (Phi) is 238. The Hall–Kier alpha value is 0.0883. The fourth-order valence-electron chi connectivity index (χ4n) is 0. The summed E-state index contributed by atoms with van der Waals surface area (Å²) in [4.78, 5) is 0. The second kappa shape index (κ2) is 93.2. The Bertz CT molecular complexity index is 23.0. The zero-order valence-corrected chi connectivity index (χ0v) is 7.73. The largest absolute Gasteiger partial charge is 0.394 e. The van der Waals surface area contributed by atoms with Crippen LogP contribution in [-0.4, -0.2) is 23.4 Å². The number of hydrogen-bond donors (Lipinski definition) is 2. The average molecular weight is 313 g/mol. The van der Waals surface area contributed by atoms with E-state index in [1.807, 2.05) is 0 Å². The third kappa shape index (κ3) is 253. The van der Waals surface area contributed by atoms with Crippen molar-refractivity contribution < 1.29 is 31.3 Å². The van der Waals surface area contributed by atoms with Crippen molar-refractivity contribution in [1.29, 1.82) is 0 Å². The molecule has 0 aliphatic heterocycles. The van der Waals surface area contributed by atoms with Crippen molar-refractivity contribution in [2.24, 2.45) is 0 Å². The fourth-order valence-corrected chi connectivity index (χ4v) is 0. The zero-order valence-electron chi connectivity index (χ0n) is 5.45. The standard InChI is InChI=1S/C2H6O2.2C2H4.Pt/c3-1-2-4;2*1-2;/h3-4H,1-2H2;2*1-2H2;. The maximum atomic E-state index is 7.62. The van der Waals surface area contributed by atoms with Gasteiger partial charge in [-0.2, -0.15) is 0 Å². The van der Waals surface area contributed by atoms with Crippen molar-refractivity contribution in [2.75, 3.05) is 13.2 Å². The van der Waals surface area contributed by atoms with E-state index in [0.717, 1.165) is 0 Å². The summed E-state index contributed by atoms with van der Waals surface area (Å²) in [5.41, 5.74) is 0. The Balaban J connectivity index is -0.0000000221. The Morgan fingerprint density at radius 1 is 0.778 bits per heavy atom. The van der Waals surface area contributed by atoms with Crippen molar-refractivity contribution >= 4 is 0 Å². The molecule has 0 saturated heterocycles. The van der Waals surface area contributed by atoms with Gasteiger partial charge < -0.3 is 10.2 Å². The Morgan fingerprint density at radius 2 is 0.889 bits per heavy atom. The van der Waals surface area contributed by atoms with Gasteiger partial charge in [-0.25, -0.2) is 0 Å². The molecule has 0 atom stereocenters. The minimum Gasteiger partial charge on any atom is -0.394 e. The van der Waals surface area contributed by atoms with Crippen LogP contribution in [-0.2, 0) is 21.1 Å². The summed E-state index contributed by atoms with van der Waals surface area (Å²) in [5, 5.41) is 15.2. The molecule has 0 aliphatic rings. The van der Waals surface area contributed by atoms with Crippen LogP contribution >= 0.6 is 0 Å². The molecule has 0 aromatic heterocycles. The number of rotatable bonds is 1. The molecule has 0 heterocycles. The normalized spacial score (nSPS) is 4.22. The van der Waals surface area contributed by atoms with Crippen LogP contribution in [0.5, 0.6) is 0 Å². The molecule has 0 rings (SSSR count).